The zero-order valence-electron chi connectivity index (χ0n) is 15.6. The molecule has 2 N–H and O–H groups in total. The van der Waals surface area contributed by atoms with Crippen molar-refractivity contribution in [3.63, 3.8) is 0 Å². The fourth-order valence-corrected chi connectivity index (χ4v) is 4.83. The number of nitrogens with one attached hydrogen (secondary N) is 2. The zero-order valence-corrected chi connectivity index (χ0v) is 17.2. The van der Waals surface area contributed by atoms with E-state index in [1.165, 1.54) is 28.7 Å². The molecule has 0 amide bonds. The van der Waals surface area contributed by atoms with Crippen molar-refractivity contribution < 1.29 is 18.3 Å². The Bertz CT molecular complexity index is 883. The number of halogens is 2. The lowest BCUT2D eigenvalue weighted by molar-refractivity contribution is 0.0526. The summed E-state index contributed by atoms with van der Waals surface area (Å²) in [5.74, 6) is -2.25. The first-order valence-corrected chi connectivity index (χ1v) is 10.6. The predicted octanol–water partition coefficient (Wildman–Crippen LogP) is 5.67. The predicted molar refractivity (Wildman–Crippen MR) is 112 cm³/mol. The normalized spacial score (nSPS) is 13.8. The highest BCUT2D eigenvalue weighted by Crippen LogP contribution is 2.37. The summed E-state index contributed by atoms with van der Waals surface area (Å²) in [6.45, 7) is 2.07. The number of fused-ring (bicyclic) bond motifs is 1. The van der Waals surface area contributed by atoms with Crippen LogP contribution in [-0.4, -0.2) is 17.7 Å². The van der Waals surface area contributed by atoms with Crippen LogP contribution in [0.4, 0.5) is 19.5 Å². The van der Waals surface area contributed by atoms with Crippen LogP contribution in [-0.2, 0) is 17.6 Å². The molecule has 8 heteroatoms. The van der Waals surface area contributed by atoms with Crippen LogP contribution in [0.15, 0.2) is 18.2 Å². The molecule has 0 saturated heterocycles. The molecule has 0 saturated carbocycles. The van der Waals surface area contributed by atoms with Crippen molar-refractivity contribution in [2.24, 2.45) is 0 Å². The Labute approximate surface area is 172 Å². The minimum atomic E-state index is -0.959. The minimum absolute atomic E-state index is 0.200. The van der Waals surface area contributed by atoms with E-state index in [1.807, 2.05) is 0 Å². The number of hydrogen-bond donors (Lipinski definition) is 2. The number of benzene rings is 1. The summed E-state index contributed by atoms with van der Waals surface area (Å²) in [4.78, 5) is 13.8. The average molecular weight is 425 g/mol. The lowest BCUT2D eigenvalue weighted by atomic mass is 9.96. The third-order valence-corrected chi connectivity index (χ3v) is 5.97. The third kappa shape index (κ3) is 4.86. The molecule has 0 bridgehead atoms. The number of thiocarbonyl (C=S) groups is 1. The Morgan fingerprint density at radius 1 is 1.14 bits per heavy atom. The topological polar surface area (TPSA) is 50.4 Å². The fraction of sp³-hybridized carbons (Fsp3) is 0.400. The Morgan fingerprint density at radius 2 is 1.89 bits per heavy atom. The number of hydrogen-bond acceptors (Lipinski definition) is 4. The van der Waals surface area contributed by atoms with Crippen molar-refractivity contribution in [2.45, 2.75) is 45.4 Å². The molecule has 0 fully saturated rings. The van der Waals surface area contributed by atoms with E-state index < -0.39 is 11.6 Å². The Kier molecular flexibility index (Phi) is 6.96. The van der Waals surface area contributed by atoms with Gasteiger partial charge >= 0.3 is 5.97 Å². The van der Waals surface area contributed by atoms with Crippen molar-refractivity contribution in [2.75, 3.05) is 17.2 Å². The molecular weight excluding hydrogens is 402 g/mol. The van der Waals surface area contributed by atoms with Crippen LogP contribution in [0.1, 0.15) is 53.4 Å². The first-order valence-electron chi connectivity index (χ1n) is 9.34. The monoisotopic (exact) mass is 424 g/mol. The second-order valence-electron chi connectivity index (χ2n) is 6.55. The molecule has 0 unspecified atom stereocenters. The highest BCUT2D eigenvalue weighted by atomic mass is 32.1. The molecule has 1 aliphatic rings. The summed E-state index contributed by atoms with van der Waals surface area (Å²) in [7, 11) is 0. The first kappa shape index (κ1) is 20.7. The van der Waals surface area contributed by atoms with Gasteiger partial charge in [0.05, 0.1) is 12.2 Å². The molecule has 150 valence electrons. The maximum absolute atomic E-state index is 13.4. The van der Waals surface area contributed by atoms with Gasteiger partial charge in [-0.25, -0.2) is 13.6 Å². The molecule has 2 aromatic rings. The van der Waals surface area contributed by atoms with Crippen LogP contribution in [0.5, 0.6) is 0 Å². The Hall–Kier alpha value is -2.06. The quantitative estimate of drug-likeness (QED) is 0.489. The number of carbonyl (C=O) groups is 1. The third-order valence-electron chi connectivity index (χ3n) is 4.56. The van der Waals surface area contributed by atoms with Gasteiger partial charge in [0, 0.05) is 16.6 Å². The highest BCUT2D eigenvalue weighted by molar-refractivity contribution is 7.80. The number of esters is 1. The van der Waals surface area contributed by atoms with E-state index in [0.717, 1.165) is 49.8 Å². The molecular formula is C20H22F2N2O2S2. The van der Waals surface area contributed by atoms with Gasteiger partial charge in [0.25, 0.3) is 0 Å². The molecule has 1 aromatic heterocycles. The Balaban J connectivity index is 1.84. The number of rotatable bonds is 4. The number of ether oxygens (including phenoxy) is 1. The lowest BCUT2D eigenvalue weighted by Gasteiger charge is -2.12. The lowest BCUT2D eigenvalue weighted by Crippen LogP contribution is -2.20. The van der Waals surface area contributed by atoms with Gasteiger partial charge in [0.2, 0.25) is 0 Å². The van der Waals surface area contributed by atoms with E-state index in [4.69, 9.17) is 17.0 Å². The Morgan fingerprint density at radius 3 is 2.61 bits per heavy atom. The molecule has 0 radical (unpaired) electrons. The van der Waals surface area contributed by atoms with Gasteiger partial charge in [-0.2, -0.15) is 0 Å². The van der Waals surface area contributed by atoms with Gasteiger partial charge in [0.1, 0.15) is 5.00 Å². The van der Waals surface area contributed by atoms with Gasteiger partial charge in [-0.3, -0.25) is 0 Å². The average Bonchev–Trinajstić information content (AvgIpc) is 2.94. The van der Waals surface area contributed by atoms with E-state index in [9.17, 15) is 13.6 Å². The summed E-state index contributed by atoms with van der Waals surface area (Å²) in [6.07, 6.45) is 6.23. The van der Waals surface area contributed by atoms with Crippen molar-refractivity contribution in [3.05, 3.63) is 45.8 Å². The first-order chi connectivity index (χ1) is 13.5. The van der Waals surface area contributed by atoms with Crippen LogP contribution >= 0.6 is 23.6 Å². The second kappa shape index (κ2) is 9.43. The largest absolute Gasteiger partial charge is 0.462 e. The summed E-state index contributed by atoms with van der Waals surface area (Å²) >= 11 is 6.82. The summed E-state index contributed by atoms with van der Waals surface area (Å²) in [6, 6.07) is 3.46. The fourth-order valence-electron chi connectivity index (χ4n) is 3.27. The second-order valence-corrected chi connectivity index (χ2v) is 8.06. The molecule has 0 atom stereocenters. The standard InChI is InChI=1S/C20H22F2N2O2S2/c1-2-26-19(25)17-13-7-5-3-4-6-8-16(13)28-18(17)24-20(27)23-12-9-10-14(21)15(22)11-12/h9-11H,2-8H2,1H3,(H2,23,24,27). The van der Waals surface area contributed by atoms with Crippen LogP contribution in [0.2, 0.25) is 0 Å². The number of thiophene rings is 1. The smallest absolute Gasteiger partial charge is 0.341 e. The van der Waals surface area contributed by atoms with Crippen molar-refractivity contribution in [1.29, 1.82) is 0 Å². The highest BCUT2D eigenvalue weighted by Gasteiger charge is 2.25. The molecule has 1 aromatic carbocycles. The van der Waals surface area contributed by atoms with Crippen molar-refractivity contribution in [1.82, 2.24) is 0 Å². The van der Waals surface area contributed by atoms with Crippen molar-refractivity contribution in [3.8, 4) is 0 Å². The minimum Gasteiger partial charge on any atom is -0.462 e. The van der Waals surface area contributed by atoms with Crippen LogP contribution in [0.25, 0.3) is 0 Å². The van der Waals surface area contributed by atoms with Crippen molar-refractivity contribution >= 4 is 45.3 Å². The molecule has 4 nitrogen and oxygen atoms in total. The van der Waals surface area contributed by atoms with Crippen LogP contribution < -0.4 is 10.6 Å². The van der Waals surface area contributed by atoms with Gasteiger partial charge in [-0.15, -0.1) is 11.3 Å². The number of anilines is 2. The van der Waals surface area contributed by atoms with Crippen LogP contribution in [0, 0.1) is 11.6 Å². The van der Waals surface area contributed by atoms with Gasteiger partial charge in [-0.05, 0) is 62.5 Å². The van der Waals surface area contributed by atoms with E-state index in [1.54, 1.807) is 6.92 Å². The van der Waals surface area contributed by atoms with Gasteiger partial charge < -0.3 is 15.4 Å². The molecule has 28 heavy (non-hydrogen) atoms. The van der Waals surface area contributed by atoms with Crippen LogP contribution in [0.3, 0.4) is 0 Å². The van der Waals surface area contributed by atoms with Gasteiger partial charge in [-0.1, -0.05) is 12.8 Å². The molecule has 1 heterocycles. The van der Waals surface area contributed by atoms with Gasteiger partial charge in [0.15, 0.2) is 16.7 Å². The SMILES string of the molecule is CCOC(=O)c1c(NC(=S)Nc2ccc(F)c(F)c2)sc2c1CCCCCC2. The van der Waals surface area contributed by atoms with E-state index >= 15 is 0 Å². The summed E-state index contributed by atoms with van der Waals surface area (Å²) in [5.41, 5.74) is 1.91. The van der Waals surface area contributed by atoms with E-state index in [-0.39, 0.29) is 11.1 Å². The molecule has 3 rings (SSSR count). The maximum atomic E-state index is 13.4. The van der Waals surface area contributed by atoms with E-state index in [0.29, 0.717) is 22.9 Å². The number of aryl methyl sites for hydroxylation is 1. The molecule has 0 aliphatic heterocycles. The zero-order chi connectivity index (χ0) is 20.1. The summed E-state index contributed by atoms with van der Waals surface area (Å²) < 4.78 is 31.8. The van der Waals surface area contributed by atoms with E-state index in [2.05, 4.69) is 10.6 Å². The molecule has 1 aliphatic carbocycles. The summed E-state index contributed by atoms with van der Waals surface area (Å²) in [5, 5.41) is 6.71. The maximum Gasteiger partial charge on any atom is 0.341 e. The number of carbonyl (C=O) groups excluding carboxylic acids is 1. The molecule has 0 spiro atoms.